The number of hydrogen-bond acceptors (Lipinski definition) is 8. The van der Waals surface area contributed by atoms with Gasteiger partial charge in [-0.3, -0.25) is 23.7 Å². The zero-order valence-electron chi connectivity index (χ0n) is 26.5. The summed E-state index contributed by atoms with van der Waals surface area (Å²) in [5.41, 5.74) is 3.28. The number of hydrogen-bond donors (Lipinski definition) is 0. The molecule has 0 amide bonds. The monoisotopic (exact) mass is 562 g/mol. The van der Waals surface area contributed by atoms with Gasteiger partial charge in [0.2, 0.25) is 0 Å². The van der Waals surface area contributed by atoms with E-state index < -0.39 is 5.97 Å². The van der Waals surface area contributed by atoms with Crippen LogP contribution in [0.4, 0.5) is 0 Å². The van der Waals surface area contributed by atoms with Gasteiger partial charge in [0, 0.05) is 18.0 Å². The first-order chi connectivity index (χ1) is 18.6. The predicted octanol–water partition coefficient (Wildman–Crippen LogP) is 6.33. The third-order valence-corrected chi connectivity index (χ3v) is 5.66. The van der Waals surface area contributed by atoms with Gasteiger partial charge in [-0.15, -0.1) is 0 Å². The van der Waals surface area contributed by atoms with Crippen molar-refractivity contribution in [3.05, 3.63) is 34.9 Å². The van der Waals surface area contributed by atoms with E-state index in [-0.39, 0.29) is 36.1 Å². The molecule has 2 aromatic heterocycles. The molecule has 0 spiro atoms. The first-order valence-corrected chi connectivity index (χ1v) is 14.1. The van der Waals surface area contributed by atoms with E-state index in [1.807, 2.05) is 23.2 Å². The molecule has 0 aromatic carbocycles. The predicted molar refractivity (Wildman–Crippen MR) is 156 cm³/mol. The van der Waals surface area contributed by atoms with Crippen LogP contribution in [0.25, 0.3) is 0 Å². The second-order valence-corrected chi connectivity index (χ2v) is 10.8. The molecular formula is C30H50N4O6. The molecule has 2 heterocycles. The Balaban J connectivity index is 0.000000582. The number of nitrogens with zero attached hydrogens (tertiary/aromatic N) is 4. The second-order valence-electron chi connectivity index (χ2n) is 10.8. The fourth-order valence-electron chi connectivity index (χ4n) is 3.77. The second kappa shape index (κ2) is 18.1. The van der Waals surface area contributed by atoms with Crippen LogP contribution in [-0.4, -0.2) is 56.8 Å². The summed E-state index contributed by atoms with van der Waals surface area (Å²) in [5, 5.41) is 8.45. The van der Waals surface area contributed by atoms with Gasteiger partial charge in [0.05, 0.1) is 42.6 Å². The summed E-state index contributed by atoms with van der Waals surface area (Å²) in [4.78, 5) is 44.1. The lowest BCUT2D eigenvalue weighted by Crippen LogP contribution is -2.15. The van der Waals surface area contributed by atoms with E-state index in [1.54, 1.807) is 40.1 Å². The lowest BCUT2D eigenvalue weighted by atomic mass is 10.1. The third kappa shape index (κ3) is 11.4. The first-order valence-electron chi connectivity index (χ1n) is 14.1. The molecule has 0 fully saturated rings. The van der Waals surface area contributed by atoms with Crippen molar-refractivity contribution in [2.75, 3.05) is 13.2 Å². The van der Waals surface area contributed by atoms with Gasteiger partial charge in [0.1, 0.15) is 17.8 Å². The smallest absolute Gasteiger partial charge is 0.341 e. The van der Waals surface area contributed by atoms with Crippen LogP contribution in [0.3, 0.4) is 0 Å². The number of ketones is 1. The molecule has 10 nitrogen and oxygen atoms in total. The Bertz CT molecular complexity index is 1080. The SMILES string of the molecule is CC(C)c1c(C=O)cnn1C(C)C.CCOC(=O)CC(=O)C(C)C.CCOC(=O)c1cnn(C(C)C)c1C(C)C. The molecule has 0 saturated heterocycles. The van der Waals surface area contributed by atoms with Gasteiger partial charge >= 0.3 is 11.9 Å². The van der Waals surface area contributed by atoms with Crippen molar-refractivity contribution in [2.45, 2.75) is 113 Å². The van der Waals surface area contributed by atoms with Gasteiger partial charge in [0.25, 0.3) is 0 Å². The van der Waals surface area contributed by atoms with Crippen molar-refractivity contribution in [2.24, 2.45) is 5.92 Å². The van der Waals surface area contributed by atoms with E-state index in [9.17, 15) is 19.2 Å². The first kappa shape index (κ1) is 36.7. The van der Waals surface area contributed by atoms with E-state index in [0.717, 1.165) is 17.7 Å². The van der Waals surface area contributed by atoms with Gasteiger partial charge < -0.3 is 9.47 Å². The standard InChI is InChI=1S/C12H20N2O2.C10H16N2O.C8H14O3/c1-6-16-12(15)10-7-13-14(9(4)5)11(10)8(2)3;1-7(2)10-9(6-13)5-11-12(10)8(3)4;1-4-11-8(10)5-7(9)6(2)3/h7-9H,6H2,1-5H3;5-8H,1-4H3;6H,4-5H2,1-3H3. The van der Waals surface area contributed by atoms with Crippen LogP contribution in [0.1, 0.15) is 146 Å². The van der Waals surface area contributed by atoms with Crippen molar-refractivity contribution < 1.29 is 28.7 Å². The molecule has 0 N–H and O–H groups in total. The Kier molecular flexibility index (Phi) is 16.6. The zero-order chi connectivity index (χ0) is 31.2. The minimum Gasteiger partial charge on any atom is -0.466 e. The maximum absolute atomic E-state index is 11.7. The molecule has 0 aliphatic heterocycles. The summed E-state index contributed by atoms with van der Waals surface area (Å²) in [6, 6.07) is 0.562. The molecule has 0 unspecified atom stereocenters. The van der Waals surface area contributed by atoms with Crippen LogP contribution >= 0.6 is 0 Å². The summed E-state index contributed by atoms with van der Waals surface area (Å²) >= 11 is 0. The molecule has 226 valence electrons. The van der Waals surface area contributed by atoms with E-state index in [4.69, 9.17) is 4.74 Å². The Morgan fingerprint density at radius 3 is 1.65 bits per heavy atom. The highest BCUT2D eigenvalue weighted by Crippen LogP contribution is 2.23. The van der Waals surface area contributed by atoms with Crippen LogP contribution < -0.4 is 0 Å². The highest BCUT2D eigenvalue weighted by Gasteiger charge is 2.22. The number of carbonyl (C=O) groups is 4. The molecular weight excluding hydrogens is 512 g/mol. The Morgan fingerprint density at radius 2 is 1.25 bits per heavy atom. The van der Waals surface area contributed by atoms with Gasteiger partial charge in [-0.25, -0.2) is 4.79 Å². The van der Waals surface area contributed by atoms with Crippen LogP contribution in [0.2, 0.25) is 0 Å². The minimum absolute atomic E-state index is 0.0662. The van der Waals surface area contributed by atoms with Crippen LogP contribution in [0.15, 0.2) is 12.4 Å². The number of rotatable bonds is 11. The number of esters is 2. The van der Waals surface area contributed by atoms with Crippen molar-refractivity contribution in [1.29, 1.82) is 0 Å². The van der Waals surface area contributed by atoms with Crippen molar-refractivity contribution in [3.8, 4) is 0 Å². The molecule has 0 aliphatic carbocycles. The fourth-order valence-corrected chi connectivity index (χ4v) is 3.77. The maximum Gasteiger partial charge on any atom is 0.341 e. The molecule has 0 atom stereocenters. The van der Waals surface area contributed by atoms with Gasteiger partial charge in [-0.1, -0.05) is 41.5 Å². The minimum atomic E-state index is -0.425. The van der Waals surface area contributed by atoms with E-state index in [1.165, 1.54) is 0 Å². The Morgan fingerprint density at radius 1 is 0.775 bits per heavy atom. The fraction of sp³-hybridized carbons (Fsp3) is 0.667. The lowest BCUT2D eigenvalue weighted by molar-refractivity contribution is -0.146. The highest BCUT2D eigenvalue weighted by molar-refractivity contribution is 5.96. The summed E-state index contributed by atoms with van der Waals surface area (Å²) in [5.74, 6) is -0.262. The van der Waals surface area contributed by atoms with Crippen molar-refractivity contribution in [3.63, 3.8) is 0 Å². The lowest BCUT2D eigenvalue weighted by Gasteiger charge is -2.14. The molecule has 2 rings (SSSR count). The summed E-state index contributed by atoms with van der Waals surface area (Å²) < 4.78 is 13.4. The van der Waals surface area contributed by atoms with E-state index in [0.29, 0.717) is 36.3 Å². The Labute approximate surface area is 239 Å². The highest BCUT2D eigenvalue weighted by atomic mass is 16.5. The van der Waals surface area contributed by atoms with Gasteiger partial charge in [0.15, 0.2) is 6.29 Å². The normalized spacial score (nSPS) is 10.8. The third-order valence-electron chi connectivity index (χ3n) is 5.66. The molecule has 40 heavy (non-hydrogen) atoms. The average molecular weight is 563 g/mol. The quantitative estimate of drug-likeness (QED) is 0.177. The topological polar surface area (TPSA) is 122 Å². The summed E-state index contributed by atoms with van der Waals surface area (Å²) in [7, 11) is 0. The summed E-state index contributed by atoms with van der Waals surface area (Å²) in [6.45, 7) is 24.3. The number of Topliss-reactive ketones (excluding diaryl/α,β-unsaturated/α-hetero) is 1. The number of carbonyl (C=O) groups excluding carboxylic acids is 4. The molecule has 0 radical (unpaired) electrons. The van der Waals surface area contributed by atoms with E-state index in [2.05, 4.69) is 56.5 Å². The molecule has 0 saturated carbocycles. The van der Waals surface area contributed by atoms with Crippen molar-refractivity contribution >= 4 is 24.0 Å². The summed E-state index contributed by atoms with van der Waals surface area (Å²) in [6.07, 6.45) is 4.03. The van der Waals surface area contributed by atoms with Crippen LogP contribution in [-0.2, 0) is 19.1 Å². The number of aromatic nitrogens is 4. The van der Waals surface area contributed by atoms with E-state index >= 15 is 0 Å². The maximum atomic E-state index is 11.7. The molecule has 2 aromatic rings. The largest absolute Gasteiger partial charge is 0.466 e. The Hall–Kier alpha value is -3.30. The van der Waals surface area contributed by atoms with Gasteiger partial charge in [-0.2, -0.15) is 10.2 Å². The van der Waals surface area contributed by atoms with Crippen LogP contribution in [0.5, 0.6) is 0 Å². The van der Waals surface area contributed by atoms with Crippen molar-refractivity contribution in [1.82, 2.24) is 19.6 Å². The number of aldehydes is 1. The molecule has 0 aliphatic rings. The van der Waals surface area contributed by atoms with Crippen LogP contribution in [0, 0.1) is 5.92 Å². The molecule has 10 heteroatoms. The molecule has 0 bridgehead atoms. The zero-order valence-corrected chi connectivity index (χ0v) is 26.5. The van der Waals surface area contributed by atoms with Gasteiger partial charge in [-0.05, 0) is 53.4 Å². The average Bonchev–Trinajstić information content (AvgIpc) is 3.50. The number of ether oxygens (including phenoxy) is 2.